The van der Waals surface area contributed by atoms with Crippen molar-refractivity contribution in [3.63, 3.8) is 0 Å². The first-order chi connectivity index (χ1) is 11.8. The lowest BCUT2D eigenvalue weighted by Gasteiger charge is -2.09. The van der Waals surface area contributed by atoms with Gasteiger partial charge in [-0.1, -0.05) is 76.6 Å². The van der Waals surface area contributed by atoms with Gasteiger partial charge in [0.25, 0.3) is 0 Å². The molecule has 4 aromatic rings. The Labute approximate surface area is 149 Å². The molecule has 4 rings (SSSR count). The van der Waals surface area contributed by atoms with Crippen LogP contribution in [0, 0.1) is 0 Å². The Morgan fingerprint density at radius 3 is 1.96 bits per heavy atom. The Kier molecular flexibility index (Phi) is 4.14. The Morgan fingerprint density at radius 2 is 1.33 bits per heavy atom. The predicted octanol–water partition coefficient (Wildman–Crippen LogP) is 6.37. The van der Waals surface area contributed by atoms with Crippen molar-refractivity contribution >= 4 is 43.7 Å². The summed E-state index contributed by atoms with van der Waals surface area (Å²) in [5, 5.41) is 5.10. The molecule has 0 heterocycles. The van der Waals surface area contributed by atoms with Crippen molar-refractivity contribution in [3.05, 3.63) is 94.5 Å². The van der Waals surface area contributed by atoms with E-state index in [1.807, 2.05) is 18.3 Å². The van der Waals surface area contributed by atoms with Gasteiger partial charge in [-0.3, -0.25) is 4.99 Å². The summed E-state index contributed by atoms with van der Waals surface area (Å²) in [6.45, 7) is 0.679. The van der Waals surface area contributed by atoms with Gasteiger partial charge in [-0.2, -0.15) is 0 Å². The number of rotatable bonds is 3. The van der Waals surface area contributed by atoms with Crippen LogP contribution >= 0.6 is 15.9 Å². The summed E-state index contributed by atoms with van der Waals surface area (Å²) >= 11 is 3.46. The fraction of sp³-hybridized carbons (Fsp3) is 0.0455. The fourth-order valence-corrected chi connectivity index (χ4v) is 3.33. The van der Waals surface area contributed by atoms with Gasteiger partial charge in [-0.15, -0.1) is 0 Å². The third-order valence-corrected chi connectivity index (χ3v) is 4.77. The van der Waals surface area contributed by atoms with Crippen LogP contribution in [0.25, 0.3) is 21.5 Å². The van der Waals surface area contributed by atoms with Crippen molar-refractivity contribution in [1.82, 2.24) is 0 Å². The smallest absolute Gasteiger partial charge is 0.0652 e. The van der Waals surface area contributed by atoms with Gasteiger partial charge in [0.05, 0.1) is 6.54 Å². The molecule has 0 spiro atoms. The molecule has 0 N–H and O–H groups in total. The van der Waals surface area contributed by atoms with Gasteiger partial charge >= 0.3 is 0 Å². The standard InChI is InChI=1S/C22H16BrN/c23-19-11-9-16(10-12-19)14-24-15-22-20-7-3-1-5-17(20)13-18-6-2-4-8-21(18)22/h1-14H,15H2/b24-14+. The maximum atomic E-state index is 4.70. The van der Waals surface area contributed by atoms with Crippen LogP contribution in [0.2, 0.25) is 0 Å². The summed E-state index contributed by atoms with van der Waals surface area (Å²) in [6, 6.07) is 27.5. The number of aliphatic imine (C=N–C) groups is 1. The van der Waals surface area contributed by atoms with Crippen LogP contribution in [0.15, 0.2) is 88.3 Å². The highest BCUT2D eigenvalue weighted by molar-refractivity contribution is 9.10. The molecule has 0 aromatic heterocycles. The molecule has 0 radical (unpaired) electrons. The van der Waals surface area contributed by atoms with Crippen molar-refractivity contribution in [2.75, 3.05) is 0 Å². The summed E-state index contributed by atoms with van der Waals surface area (Å²) in [6.07, 6.45) is 1.95. The molecule has 0 saturated carbocycles. The van der Waals surface area contributed by atoms with E-state index in [4.69, 9.17) is 4.99 Å². The zero-order chi connectivity index (χ0) is 16.4. The maximum absolute atomic E-state index is 4.70. The first-order valence-corrected chi connectivity index (χ1v) is 8.75. The molecule has 0 aliphatic carbocycles. The van der Waals surface area contributed by atoms with Crippen molar-refractivity contribution in [2.45, 2.75) is 6.54 Å². The third kappa shape index (κ3) is 2.98. The van der Waals surface area contributed by atoms with Gasteiger partial charge in [0.2, 0.25) is 0 Å². The number of benzene rings is 4. The van der Waals surface area contributed by atoms with Crippen molar-refractivity contribution in [1.29, 1.82) is 0 Å². The third-order valence-electron chi connectivity index (χ3n) is 4.24. The molecule has 0 saturated heterocycles. The topological polar surface area (TPSA) is 12.4 Å². The first kappa shape index (κ1) is 15.1. The van der Waals surface area contributed by atoms with Gasteiger partial charge in [0.1, 0.15) is 0 Å². The quantitative estimate of drug-likeness (QED) is 0.292. The number of fused-ring (bicyclic) bond motifs is 2. The second kappa shape index (κ2) is 6.58. The molecule has 0 amide bonds. The average Bonchev–Trinajstić information content (AvgIpc) is 2.63. The molecule has 4 aromatic carbocycles. The average molecular weight is 374 g/mol. The van der Waals surface area contributed by atoms with E-state index in [1.54, 1.807) is 0 Å². The van der Waals surface area contributed by atoms with Gasteiger partial charge in [-0.25, -0.2) is 0 Å². The second-order valence-corrected chi connectivity index (χ2v) is 6.73. The number of nitrogens with zero attached hydrogens (tertiary/aromatic N) is 1. The number of halogens is 1. The van der Waals surface area contributed by atoms with E-state index < -0.39 is 0 Å². The van der Waals surface area contributed by atoms with Crippen LogP contribution < -0.4 is 0 Å². The van der Waals surface area contributed by atoms with Crippen molar-refractivity contribution in [2.24, 2.45) is 4.99 Å². The minimum Gasteiger partial charge on any atom is -0.288 e. The minimum absolute atomic E-state index is 0.679. The minimum atomic E-state index is 0.679. The maximum Gasteiger partial charge on any atom is 0.0652 e. The second-order valence-electron chi connectivity index (χ2n) is 5.82. The fourth-order valence-electron chi connectivity index (χ4n) is 3.07. The molecular weight excluding hydrogens is 358 g/mol. The largest absolute Gasteiger partial charge is 0.288 e. The zero-order valence-electron chi connectivity index (χ0n) is 13.1. The Morgan fingerprint density at radius 1 is 0.750 bits per heavy atom. The van der Waals surface area contributed by atoms with E-state index in [0.29, 0.717) is 6.54 Å². The highest BCUT2D eigenvalue weighted by Gasteiger charge is 2.06. The lowest BCUT2D eigenvalue weighted by molar-refractivity contribution is 1.11. The van der Waals surface area contributed by atoms with Gasteiger partial charge in [0, 0.05) is 10.7 Å². The van der Waals surface area contributed by atoms with Crippen LogP contribution in [-0.2, 0) is 6.54 Å². The Bertz CT molecular complexity index is 979. The van der Waals surface area contributed by atoms with E-state index in [9.17, 15) is 0 Å². The van der Waals surface area contributed by atoms with E-state index in [2.05, 4.69) is 82.7 Å². The molecule has 0 aliphatic rings. The SMILES string of the molecule is Brc1ccc(/C=N/Cc2c3ccccc3cc3ccccc23)cc1. The van der Waals surface area contributed by atoms with Crippen LogP contribution in [0.5, 0.6) is 0 Å². The Hall–Kier alpha value is -2.45. The van der Waals surface area contributed by atoms with Gasteiger partial charge in [0.15, 0.2) is 0 Å². The van der Waals surface area contributed by atoms with Crippen molar-refractivity contribution in [3.8, 4) is 0 Å². The highest BCUT2D eigenvalue weighted by Crippen LogP contribution is 2.29. The lowest BCUT2D eigenvalue weighted by atomic mass is 9.97. The van der Waals surface area contributed by atoms with E-state index >= 15 is 0 Å². The van der Waals surface area contributed by atoms with E-state index in [-0.39, 0.29) is 0 Å². The van der Waals surface area contributed by atoms with Crippen LogP contribution in [0.3, 0.4) is 0 Å². The molecule has 0 unspecified atom stereocenters. The predicted molar refractivity (Wildman–Crippen MR) is 107 cm³/mol. The van der Waals surface area contributed by atoms with E-state index in [0.717, 1.165) is 10.0 Å². The summed E-state index contributed by atoms with van der Waals surface area (Å²) in [5.74, 6) is 0. The zero-order valence-corrected chi connectivity index (χ0v) is 14.7. The molecule has 0 bridgehead atoms. The highest BCUT2D eigenvalue weighted by atomic mass is 79.9. The molecule has 0 fully saturated rings. The Balaban J connectivity index is 1.77. The monoisotopic (exact) mass is 373 g/mol. The molecule has 2 heteroatoms. The molecular formula is C22H16BrN. The first-order valence-electron chi connectivity index (χ1n) is 7.96. The van der Waals surface area contributed by atoms with Crippen LogP contribution in [-0.4, -0.2) is 6.21 Å². The summed E-state index contributed by atoms with van der Waals surface area (Å²) in [5.41, 5.74) is 2.40. The summed E-state index contributed by atoms with van der Waals surface area (Å²) in [7, 11) is 0. The lowest BCUT2D eigenvalue weighted by Crippen LogP contribution is -1.90. The molecule has 24 heavy (non-hydrogen) atoms. The molecule has 1 nitrogen and oxygen atoms in total. The van der Waals surface area contributed by atoms with Gasteiger partial charge < -0.3 is 0 Å². The normalized spacial score (nSPS) is 11.5. The number of hydrogen-bond acceptors (Lipinski definition) is 1. The summed E-state index contributed by atoms with van der Waals surface area (Å²) < 4.78 is 1.08. The van der Waals surface area contributed by atoms with Crippen LogP contribution in [0.1, 0.15) is 11.1 Å². The molecule has 0 aliphatic heterocycles. The summed E-state index contributed by atoms with van der Waals surface area (Å²) in [4.78, 5) is 4.70. The molecule has 0 atom stereocenters. The molecule has 116 valence electrons. The van der Waals surface area contributed by atoms with Crippen LogP contribution in [0.4, 0.5) is 0 Å². The van der Waals surface area contributed by atoms with Crippen molar-refractivity contribution < 1.29 is 0 Å². The van der Waals surface area contributed by atoms with Gasteiger partial charge in [-0.05, 0) is 50.9 Å². The number of hydrogen-bond donors (Lipinski definition) is 0. The van der Waals surface area contributed by atoms with E-state index in [1.165, 1.54) is 27.1 Å².